The van der Waals surface area contributed by atoms with E-state index in [2.05, 4.69) is 10.7 Å². The first-order valence-corrected chi connectivity index (χ1v) is 12.1. The van der Waals surface area contributed by atoms with Gasteiger partial charge in [-0.15, -0.1) is 11.3 Å². The van der Waals surface area contributed by atoms with Crippen molar-refractivity contribution in [2.75, 3.05) is 11.9 Å². The van der Waals surface area contributed by atoms with E-state index in [1.54, 1.807) is 11.3 Å². The van der Waals surface area contributed by atoms with Gasteiger partial charge in [0.05, 0.1) is 17.1 Å². The number of nitrogens with zero attached hydrogens (tertiary/aromatic N) is 3. The van der Waals surface area contributed by atoms with E-state index in [0.717, 1.165) is 34.6 Å². The van der Waals surface area contributed by atoms with Crippen molar-refractivity contribution in [3.05, 3.63) is 58.7 Å². The summed E-state index contributed by atoms with van der Waals surface area (Å²) in [7, 11) is 0. The molecule has 6 nitrogen and oxygen atoms in total. The first-order chi connectivity index (χ1) is 15.8. The highest BCUT2D eigenvalue weighted by atomic mass is 32.1. The number of hydrogen-bond acceptors (Lipinski definition) is 5. The number of nitrogens with one attached hydrogen (secondary N) is 1. The van der Waals surface area contributed by atoms with Crippen LogP contribution < -0.4 is 14.9 Å². The monoisotopic (exact) mass is 446 g/mol. The van der Waals surface area contributed by atoms with Crippen LogP contribution >= 0.6 is 11.3 Å². The highest BCUT2D eigenvalue weighted by Gasteiger charge is 2.18. The molecule has 2 aromatic carbocycles. The molecule has 0 radical (unpaired) electrons. The molecule has 2 aliphatic rings. The Labute approximate surface area is 191 Å². The summed E-state index contributed by atoms with van der Waals surface area (Å²) in [5, 5.41) is 10.1. The molecule has 1 aliphatic carbocycles. The Bertz CT molecular complexity index is 1200. The van der Waals surface area contributed by atoms with Gasteiger partial charge in [0.15, 0.2) is 6.61 Å². The SMILES string of the molecule is O=C1COc2ccc(-c3csc(=Nc4ccccc4)n3N=C3CCCCCCC3)cc2N1. The number of para-hydroxylation sites is 1. The Kier molecular flexibility index (Phi) is 6.16. The smallest absolute Gasteiger partial charge is 0.262 e. The normalized spacial score (nSPS) is 17.1. The van der Waals surface area contributed by atoms with E-state index in [1.807, 2.05) is 53.2 Å². The summed E-state index contributed by atoms with van der Waals surface area (Å²) in [5.41, 5.74) is 4.75. The van der Waals surface area contributed by atoms with E-state index in [9.17, 15) is 4.79 Å². The minimum absolute atomic E-state index is 0.0541. The second kappa shape index (κ2) is 9.53. The highest BCUT2D eigenvalue weighted by Crippen LogP contribution is 2.33. The van der Waals surface area contributed by atoms with Crippen molar-refractivity contribution >= 4 is 34.3 Å². The molecule has 1 amide bonds. The largest absolute Gasteiger partial charge is 0.482 e. The summed E-state index contributed by atoms with van der Waals surface area (Å²) < 4.78 is 7.50. The lowest BCUT2D eigenvalue weighted by Gasteiger charge is -2.18. The number of fused-ring (bicyclic) bond motifs is 1. The molecular formula is C25H26N4O2S. The molecule has 3 aromatic rings. The van der Waals surface area contributed by atoms with Crippen molar-refractivity contribution in [2.24, 2.45) is 10.1 Å². The fourth-order valence-corrected chi connectivity index (χ4v) is 4.93. The Hall–Kier alpha value is -3.19. The molecule has 0 spiro atoms. The van der Waals surface area contributed by atoms with Crippen molar-refractivity contribution in [1.29, 1.82) is 0 Å². The molecule has 1 aliphatic heterocycles. The van der Waals surface area contributed by atoms with Gasteiger partial charge in [-0.1, -0.05) is 37.5 Å². The van der Waals surface area contributed by atoms with Crippen LogP contribution in [0.2, 0.25) is 0 Å². The van der Waals surface area contributed by atoms with Crippen LogP contribution in [0.25, 0.3) is 11.3 Å². The number of aromatic nitrogens is 1. The topological polar surface area (TPSA) is 68.0 Å². The molecule has 1 fully saturated rings. The molecule has 0 atom stereocenters. The van der Waals surface area contributed by atoms with Gasteiger partial charge in [-0.2, -0.15) is 5.10 Å². The number of benzene rings is 2. The zero-order valence-corrected chi connectivity index (χ0v) is 18.7. The molecule has 1 N–H and O–H groups in total. The number of carbonyl (C=O) groups excluding carboxylic acids is 1. The number of rotatable bonds is 3. The standard InChI is InChI=1S/C25H26N4O2S/c30-24-16-31-23-14-13-18(15-21(23)27-24)22-17-32-25(26-19-9-7-4-8-10-19)29(22)28-20-11-5-2-1-3-6-12-20/h4,7-10,13-15,17H,1-3,5-6,11-12,16H2,(H,27,30). The van der Waals surface area contributed by atoms with E-state index in [1.165, 1.54) is 37.8 Å². The van der Waals surface area contributed by atoms with Gasteiger partial charge in [-0.05, 0) is 56.0 Å². The van der Waals surface area contributed by atoms with Crippen molar-refractivity contribution in [3.63, 3.8) is 0 Å². The van der Waals surface area contributed by atoms with Gasteiger partial charge in [-0.25, -0.2) is 9.67 Å². The first kappa shape index (κ1) is 20.7. The van der Waals surface area contributed by atoms with E-state index >= 15 is 0 Å². The van der Waals surface area contributed by atoms with Gasteiger partial charge in [0.25, 0.3) is 5.91 Å². The first-order valence-electron chi connectivity index (χ1n) is 11.2. The molecule has 1 aromatic heterocycles. The van der Waals surface area contributed by atoms with Gasteiger partial charge in [0.2, 0.25) is 4.80 Å². The average Bonchev–Trinajstić information content (AvgIpc) is 3.17. The van der Waals surface area contributed by atoms with Crippen molar-refractivity contribution in [3.8, 4) is 17.0 Å². The zero-order valence-electron chi connectivity index (χ0n) is 17.9. The molecule has 0 bridgehead atoms. The van der Waals surface area contributed by atoms with Crippen LogP contribution in [0.5, 0.6) is 5.75 Å². The Morgan fingerprint density at radius 2 is 1.75 bits per heavy atom. The van der Waals surface area contributed by atoms with Crippen LogP contribution in [0.3, 0.4) is 0 Å². The van der Waals surface area contributed by atoms with E-state index < -0.39 is 0 Å². The summed E-state index contributed by atoms with van der Waals surface area (Å²) in [6.45, 7) is 0.0541. The third-order valence-corrected chi connectivity index (χ3v) is 6.56. The number of anilines is 1. The van der Waals surface area contributed by atoms with E-state index in [-0.39, 0.29) is 12.5 Å². The molecule has 5 rings (SSSR count). The van der Waals surface area contributed by atoms with Crippen molar-refractivity contribution in [2.45, 2.75) is 44.9 Å². The quantitative estimate of drug-likeness (QED) is 0.558. The molecular weight excluding hydrogens is 420 g/mol. The van der Waals surface area contributed by atoms with Crippen LogP contribution in [-0.4, -0.2) is 22.9 Å². The minimum Gasteiger partial charge on any atom is -0.482 e. The van der Waals surface area contributed by atoms with Crippen LogP contribution in [0.4, 0.5) is 11.4 Å². The Balaban J connectivity index is 1.61. The van der Waals surface area contributed by atoms with Gasteiger partial charge in [0, 0.05) is 16.7 Å². The number of thiazole rings is 1. The number of amides is 1. The van der Waals surface area contributed by atoms with Crippen molar-refractivity contribution in [1.82, 2.24) is 4.68 Å². The third-order valence-electron chi connectivity index (χ3n) is 5.75. The molecule has 32 heavy (non-hydrogen) atoms. The minimum atomic E-state index is -0.137. The fourth-order valence-electron chi connectivity index (χ4n) is 4.08. The molecule has 0 saturated heterocycles. The predicted octanol–water partition coefficient (Wildman–Crippen LogP) is 5.73. The van der Waals surface area contributed by atoms with Crippen molar-refractivity contribution < 1.29 is 9.53 Å². The second-order valence-electron chi connectivity index (χ2n) is 8.14. The summed E-state index contributed by atoms with van der Waals surface area (Å²) in [4.78, 5) is 17.5. The van der Waals surface area contributed by atoms with Gasteiger partial charge in [-0.3, -0.25) is 4.79 Å². The number of carbonyl (C=O) groups is 1. The lowest BCUT2D eigenvalue weighted by atomic mass is 9.99. The zero-order chi connectivity index (χ0) is 21.8. The summed E-state index contributed by atoms with van der Waals surface area (Å²) in [6.07, 6.45) is 8.29. The molecule has 0 unspecified atom stereocenters. The summed E-state index contributed by atoms with van der Waals surface area (Å²) >= 11 is 1.57. The van der Waals surface area contributed by atoms with Gasteiger partial charge >= 0.3 is 0 Å². The molecule has 7 heteroatoms. The van der Waals surface area contributed by atoms with Gasteiger partial charge < -0.3 is 10.1 Å². The molecule has 1 saturated carbocycles. The second-order valence-corrected chi connectivity index (χ2v) is 8.98. The lowest BCUT2D eigenvalue weighted by Crippen LogP contribution is -2.25. The Morgan fingerprint density at radius 3 is 2.56 bits per heavy atom. The van der Waals surface area contributed by atoms with E-state index in [0.29, 0.717) is 11.4 Å². The maximum Gasteiger partial charge on any atom is 0.262 e. The lowest BCUT2D eigenvalue weighted by molar-refractivity contribution is -0.118. The highest BCUT2D eigenvalue weighted by molar-refractivity contribution is 7.07. The maximum atomic E-state index is 11.8. The number of hydrogen-bond donors (Lipinski definition) is 1. The van der Waals surface area contributed by atoms with Crippen LogP contribution in [0, 0.1) is 0 Å². The van der Waals surface area contributed by atoms with Crippen LogP contribution in [0.1, 0.15) is 44.9 Å². The summed E-state index contributed by atoms with van der Waals surface area (Å²) in [5.74, 6) is 0.554. The predicted molar refractivity (Wildman–Crippen MR) is 129 cm³/mol. The molecule has 164 valence electrons. The Morgan fingerprint density at radius 1 is 0.969 bits per heavy atom. The fraction of sp³-hybridized carbons (Fsp3) is 0.320. The molecule has 2 heterocycles. The van der Waals surface area contributed by atoms with E-state index in [4.69, 9.17) is 14.8 Å². The van der Waals surface area contributed by atoms with Gasteiger partial charge in [0.1, 0.15) is 5.75 Å². The third kappa shape index (κ3) is 4.67. The average molecular weight is 447 g/mol. The summed E-state index contributed by atoms with van der Waals surface area (Å²) in [6, 6.07) is 15.8. The maximum absolute atomic E-state index is 11.8. The van der Waals surface area contributed by atoms with Crippen LogP contribution in [0.15, 0.2) is 64.0 Å². The number of ether oxygens (including phenoxy) is 1. The van der Waals surface area contributed by atoms with Crippen LogP contribution in [-0.2, 0) is 4.79 Å².